The molecule has 0 unspecified atom stereocenters. The largest absolute Gasteiger partial charge is 0.255 e. The van der Waals surface area contributed by atoms with Gasteiger partial charge in [0.25, 0.3) is 0 Å². The second kappa shape index (κ2) is 2.54. The van der Waals surface area contributed by atoms with Crippen molar-refractivity contribution in [3.8, 4) is 0 Å². The monoisotopic (exact) mass is 154 g/mol. The fourth-order valence-corrected chi connectivity index (χ4v) is 1.89. The zero-order valence-corrected chi connectivity index (χ0v) is 7.63. The van der Waals surface area contributed by atoms with E-state index in [9.17, 15) is 0 Å². The number of hydrogen-bond acceptors (Lipinski definition) is 2. The molecule has 1 rings (SSSR count). The third kappa shape index (κ3) is 2.30. The minimum Gasteiger partial charge on any atom is -0.255 e. The van der Waals surface area contributed by atoms with Gasteiger partial charge in [0.05, 0.1) is 14.3 Å². The van der Waals surface area contributed by atoms with Gasteiger partial charge in [-0.3, -0.25) is 4.68 Å². The standard InChI is InChI=1S/C6H12N3Si/c1-10(2,3)6-9-5-4-7-8-9/h5H,6H2,1-3H3. The molecule has 0 spiro atoms. The molecule has 0 saturated carbocycles. The van der Waals surface area contributed by atoms with Crippen molar-refractivity contribution in [2.75, 3.05) is 0 Å². The van der Waals surface area contributed by atoms with Crippen LogP contribution in [-0.2, 0) is 6.17 Å². The van der Waals surface area contributed by atoms with Crippen molar-refractivity contribution < 1.29 is 0 Å². The van der Waals surface area contributed by atoms with Crippen molar-refractivity contribution in [3.63, 3.8) is 0 Å². The first-order valence-corrected chi connectivity index (χ1v) is 7.05. The fourth-order valence-electron chi connectivity index (χ4n) is 0.765. The van der Waals surface area contributed by atoms with E-state index >= 15 is 0 Å². The molecule has 55 valence electrons. The predicted octanol–water partition coefficient (Wildman–Crippen LogP) is 0.956. The van der Waals surface area contributed by atoms with E-state index in [1.807, 2.05) is 4.68 Å². The van der Waals surface area contributed by atoms with Gasteiger partial charge >= 0.3 is 0 Å². The maximum absolute atomic E-state index is 3.85. The van der Waals surface area contributed by atoms with Crippen molar-refractivity contribution in [3.05, 3.63) is 12.4 Å². The van der Waals surface area contributed by atoms with Gasteiger partial charge < -0.3 is 0 Å². The van der Waals surface area contributed by atoms with Crippen LogP contribution in [0.2, 0.25) is 19.6 Å². The lowest BCUT2D eigenvalue weighted by Gasteiger charge is -2.13. The molecule has 1 aromatic heterocycles. The van der Waals surface area contributed by atoms with Crippen molar-refractivity contribution in [2.45, 2.75) is 25.8 Å². The summed E-state index contributed by atoms with van der Waals surface area (Å²) < 4.78 is 1.85. The van der Waals surface area contributed by atoms with Crippen LogP contribution in [-0.4, -0.2) is 23.1 Å². The van der Waals surface area contributed by atoms with Gasteiger partial charge in [-0.2, -0.15) is 0 Å². The van der Waals surface area contributed by atoms with Crippen LogP contribution in [0, 0.1) is 6.20 Å². The maximum atomic E-state index is 3.85. The van der Waals surface area contributed by atoms with Crippen LogP contribution in [0.1, 0.15) is 0 Å². The minimum atomic E-state index is -1.02. The maximum Gasteiger partial charge on any atom is 0.134 e. The Morgan fingerprint density at radius 1 is 1.50 bits per heavy atom. The van der Waals surface area contributed by atoms with Gasteiger partial charge in [0, 0.05) is 6.17 Å². The van der Waals surface area contributed by atoms with Crippen molar-refractivity contribution in [1.82, 2.24) is 15.0 Å². The molecule has 10 heavy (non-hydrogen) atoms. The Labute approximate surface area is 62.1 Å². The van der Waals surface area contributed by atoms with Gasteiger partial charge in [-0.25, -0.2) is 0 Å². The van der Waals surface area contributed by atoms with Crippen LogP contribution in [0.25, 0.3) is 0 Å². The molecule has 0 saturated heterocycles. The molecule has 0 aliphatic heterocycles. The normalized spacial score (nSPS) is 11.9. The van der Waals surface area contributed by atoms with Crippen LogP contribution < -0.4 is 0 Å². The van der Waals surface area contributed by atoms with Gasteiger partial charge in [0.2, 0.25) is 0 Å². The quantitative estimate of drug-likeness (QED) is 0.594. The summed E-state index contributed by atoms with van der Waals surface area (Å²) in [6.45, 7) is 6.90. The van der Waals surface area contributed by atoms with Crippen LogP contribution in [0.15, 0.2) is 6.20 Å². The molecule has 1 aromatic rings. The van der Waals surface area contributed by atoms with Gasteiger partial charge in [0.15, 0.2) is 0 Å². The van der Waals surface area contributed by atoms with Crippen molar-refractivity contribution in [1.29, 1.82) is 0 Å². The Morgan fingerprint density at radius 2 is 2.20 bits per heavy atom. The van der Waals surface area contributed by atoms with Gasteiger partial charge in [-0.1, -0.05) is 24.9 Å². The van der Waals surface area contributed by atoms with E-state index in [-0.39, 0.29) is 0 Å². The third-order valence-corrected chi connectivity index (χ3v) is 2.33. The molecule has 0 bridgehead atoms. The Morgan fingerprint density at radius 3 is 2.60 bits per heavy atom. The molecule has 0 aliphatic carbocycles. The summed E-state index contributed by atoms with van der Waals surface area (Å²) in [4.78, 5) is 0. The zero-order chi connectivity index (χ0) is 7.61. The lowest BCUT2D eigenvalue weighted by Crippen LogP contribution is -2.28. The summed E-state index contributed by atoms with van der Waals surface area (Å²) in [5.74, 6) is 0. The van der Waals surface area contributed by atoms with Gasteiger partial charge in [-0.15, -0.1) is 5.10 Å². The zero-order valence-electron chi connectivity index (χ0n) is 6.63. The Hall–Kier alpha value is -0.643. The van der Waals surface area contributed by atoms with E-state index in [4.69, 9.17) is 0 Å². The fraction of sp³-hybridized carbons (Fsp3) is 0.667. The average Bonchev–Trinajstić information content (AvgIpc) is 2.12. The molecule has 1 heterocycles. The lowest BCUT2D eigenvalue weighted by molar-refractivity contribution is 0.681. The molecule has 0 aliphatic rings. The van der Waals surface area contributed by atoms with Crippen LogP contribution in [0.5, 0.6) is 0 Å². The lowest BCUT2D eigenvalue weighted by atomic mass is 10.9. The van der Waals surface area contributed by atoms with E-state index in [1.165, 1.54) is 0 Å². The van der Waals surface area contributed by atoms with Gasteiger partial charge in [0.1, 0.15) is 6.20 Å². The first-order valence-electron chi connectivity index (χ1n) is 3.34. The highest BCUT2D eigenvalue weighted by Gasteiger charge is 2.13. The van der Waals surface area contributed by atoms with Crippen molar-refractivity contribution in [2.24, 2.45) is 0 Å². The van der Waals surface area contributed by atoms with Crippen LogP contribution >= 0.6 is 0 Å². The van der Waals surface area contributed by atoms with Crippen LogP contribution in [0.4, 0.5) is 0 Å². The summed E-state index contributed by atoms with van der Waals surface area (Å²) in [6.07, 6.45) is 5.50. The van der Waals surface area contributed by atoms with E-state index < -0.39 is 8.07 Å². The topological polar surface area (TPSA) is 30.7 Å². The number of nitrogens with zero attached hydrogens (tertiary/aromatic N) is 3. The smallest absolute Gasteiger partial charge is 0.134 e. The SMILES string of the molecule is C[Si](C)(C)Cn1c[c]nn1. The molecular weight excluding hydrogens is 142 g/mol. The van der Waals surface area contributed by atoms with E-state index in [2.05, 4.69) is 36.1 Å². The summed E-state index contributed by atoms with van der Waals surface area (Å²) in [5, 5.41) is 7.46. The molecule has 4 heteroatoms. The van der Waals surface area contributed by atoms with Gasteiger partial charge in [-0.05, 0) is 0 Å². The second-order valence-electron chi connectivity index (χ2n) is 3.61. The highest BCUT2D eigenvalue weighted by Crippen LogP contribution is 2.02. The number of rotatable bonds is 2. The molecule has 1 radical (unpaired) electrons. The first kappa shape index (κ1) is 7.46. The Balaban J connectivity index is 2.57. The number of aromatic nitrogens is 3. The van der Waals surface area contributed by atoms with E-state index in [0.717, 1.165) is 6.17 Å². The highest BCUT2D eigenvalue weighted by atomic mass is 28.3. The Bertz CT molecular complexity index is 187. The number of hydrogen-bond donors (Lipinski definition) is 0. The van der Waals surface area contributed by atoms with Crippen LogP contribution in [0.3, 0.4) is 0 Å². The summed E-state index contributed by atoms with van der Waals surface area (Å²) in [7, 11) is -1.02. The highest BCUT2D eigenvalue weighted by molar-refractivity contribution is 6.74. The molecule has 0 N–H and O–H groups in total. The van der Waals surface area contributed by atoms with E-state index in [0.29, 0.717) is 0 Å². The first-order chi connectivity index (χ1) is 4.58. The molecular formula is C6H12N3Si. The summed E-state index contributed by atoms with van der Waals surface area (Å²) in [6, 6.07) is 0. The third-order valence-electron chi connectivity index (χ3n) is 1.06. The molecule has 0 amide bonds. The second-order valence-corrected chi connectivity index (χ2v) is 9.04. The molecule has 0 atom stereocenters. The molecule has 3 nitrogen and oxygen atoms in total. The Kier molecular flexibility index (Phi) is 1.89. The van der Waals surface area contributed by atoms with Crippen molar-refractivity contribution >= 4 is 8.07 Å². The average molecular weight is 154 g/mol. The molecule has 0 aromatic carbocycles. The summed E-state index contributed by atoms with van der Waals surface area (Å²) in [5.41, 5.74) is 0. The van der Waals surface area contributed by atoms with E-state index in [1.54, 1.807) is 6.20 Å². The molecule has 0 fully saturated rings. The predicted molar refractivity (Wildman–Crippen MR) is 42.2 cm³/mol. The summed E-state index contributed by atoms with van der Waals surface area (Å²) >= 11 is 0. The minimum absolute atomic E-state index is 1.02.